The number of halogens is 1. The summed E-state index contributed by atoms with van der Waals surface area (Å²) in [6.45, 7) is 4.54. The lowest BCUT2D eigenvalue weighted by Gasteiger charge is -2.17. The fourth-order valence-electron chi connectivity index (χ4n) is 1.12. The molecule has 0 aliphatic carbocycles. The fourth-order valence-corrected chi connectivity index (χ4v) is 1.59. The molecule has 0 aliphatic heterocycles. The second-order valence-corrected chi connectivity index (χ2v) is 3.67. The Hall–Kier alpha value is -0.320. The first kappa shape index (κ1) is 10.8. The minimum atomic E-state index is -0.218. The summed E-state index contributed by atoms with van der Waals surface area (Å²) >= 11 is 3.36. The van der Waals surface area contributed by atoms with E-state index in [9.17, 15) is 0 Å². The molecule has 1 aromatic heterocycles. The molecule has 0 aliphatic rings. The predicted octanol–water partition coefficient (Wildman–Crippen LogP) is 2.47. The van der Waals surface area contributed by atoms with Crippen LogP contribution in [0.2, 0.25) is 0 Å². The molecule has 2 unspecified atom stereocenters. The van der Waals surface area contributed by atoms with Gasteiger partial charge in [-0.1, -0.05) is 0 Å². The molecule has 1 rings (SSSR count). The summed E-state index contributed by atoms with van der Waals surface area (Å²) in [5, 5.41) is 0. The summed E-state index contributed by atoms with van der Waals surface area (Å²) in [6.07, 6.45) is 1.57. The number of hydrogen-bond donors (Lipinski definition) is 1. The average Bonchev–Trinajstić information content (AvgIpc) is 2.50. The van der Waals surface area contributed by atoms with Gasteiger partial charge in [-0.3, -0.25) is 0 Å². The maximum absolute atomic E-state index is 5.92. The van der Waals surface area contributed by atoms with Gasteiger partial charge in [-0.25, -0.2) is 0 Å². The molecule has 2 N–H and O–H groups in total. The topological polar surface area (TPSA) is 48.4 Å². The van der Waals surface area contributed by atoms with E-state index in [-0.39, 0.29) is 12.1 Å². The Morgan fingerprint density at radius 3 is 2.85 bits per heavy atom. The molecule has 74 valence electrons. The van der Waals surface area contributed by atoms with E-state index in [2.05, 4.69) is 15.9 Å². The number of furan rings is 1. The minimum Gasteiger partial charge on any atom is -0.466 e. The molecule has 3 nitrogen and oxygen atoms in total. The second-order valence-electron chi connectivity index (χ2n) is 2.82. The standard InChI is InChI=1S/C9H14BrNO2/c1-3-12-6(2)8(11)9-7(10)4-5-13-9/h4-6,8H,3,11H2,1-2H3. The Morgan fingerprint density at radius 2 is 2.38 bits per heavy atom. The molecule has 0 amide bonds. The summed E-state index contributed by atoms with van der Waals surface area (Å²) in [5.74, 6) is 0.737. The third-order valence-corrected chi connectivity index (χ3v) is 2.54. The van der Waals surface area contributed by atoms with Crippen LogP contribution in [-0.4, -0.2) is 12.7 Å². The molecule has 0 aromatic carbocycles. The Labute approximate surface area is 86.4 Å². The first-order chi connectivity index (χ1) is 6.16. The van der Waals surface area contributed by atoms with E-state index in [4.69, 9.17) is 14.9 Å². The Bertz CT molecular complexity index is 262. The van der Waals surface area contributed by atoms with Gasteiger partial charge in [-0.2, -0.15) is 0 Å². The van der Waals surface area contributed by atoms with Crippen LogP contribution in [0.3, 0.4) is 0 Å². The van der Waals surface area contributed by atoms with Crippen molar-refractivity contribution in [3.05, 3.63) is 22.6 Å². The summed E-state index contributed by atoms with van der Waals surface area (Å²) in [5.41, 5.74) is 5.92. The van der Waals surface area contributed by atoms with E-state index in [0.717, 1.165) is 10.2 Å². The number of hydrogen-bond acceptors (Lipinski definition) is 3. The van der Waals surface area contributed by atoms with Crippen LogP contribution in [0.15, 0.2) is 21.2 Å². The van der Waals surface area contributed by atoms with Gasteiger partial charge in [-0.15, -0.1) is 0 Å². The summed E-state index contributed by atoms with van der Waals surface area (Å²) in [6, 6.07) is 1.61. The van der Waals surface area contributed by atoms with Gasteiger partial charge in [0, 0.05) is 6.61 Å². The van der Waals surface area contributed by atoms with Crippen molar-refractivity contribution in [2.75, 3.05) is 6.61 Å². The predicted molar refractivity (Wildman–Crippen MR) is 54.4 cm³/mol. The van der Waals surface area contributed by atoms with Crippen molar-refractivity contribution in [1.82, 2.24) is 0 Å². The molecule has 1 aromatic rings. The molecule has 13 heavy (non-hydrogen) atoms. The lowest BCUT2D eigenvalue weighted by molar-refractivity contribution is 0.0520. The zero-order valence-corrected chi connectivity index (χ0v) is 9.37. The van der Waals surface area contributed by atoms with Crippen molar-refractivity contribution in [2.24, 2.45) is 5.73 Å². The molecular weight excluding hydrogens is 234 g/mol. The highest BCUT2D eigenvalue weighted by atomic mass is 79.9. The average molecular weight is 248 g/mol. The van der Waals surface area contributed by atoms with Crippen LogP contribution in [-0.2, 0) is 4.74 Å². The maximum atomic E-state index is 5.92. The van der Waals surface area contributed by atoms with Crippen molar-refractivity contribution < 1.29 is 9.15 Å². The summed E-state index contributed by atoms with van der Waals surface area (Å²) in [4.78, 5) is 0. The Balaban J connectivity index is 2.67. The van der Waals surface area contributed by atoms with Crippen LogP contribution in [0.1, 0.15) is 25.6 Å². The van der Waals surface area contributed by atoms with Crippen molar-refractivity contribution in [3.8, 4) is 0 Å². The summed E-state index contributed by atoms with van der Waals surface area (Å²) < 4.78 is 11.5. The van der Waals surface area contributed by atoms with Gasteiger partial charge in [0.1, 0.15) is 5.76 Å². The van der Waals surface area contributed by atoms with E-state index >= 15 is 0 Å². The molecule has 4 heteroatoms. The first-order valence-corrected chi connectivity index (χ1v) is 5.06. The molecule has 0 spiro atoms. The molecule has 0 radical (unpaired) electrons. The van der Waals surface area contributed by atoms with Gasteiger partial charge in [0.15, 0.2) is 0 Å². The molecule has 0 fully saturated rings. The second kappa shape index (κ2) is 4.79. The van der Waals surface area contributed by atoms with Crippen molar-refractivity contribution in [3.63, 3.8) is 0 Å². The normalized spacial score (nSPS) is 15.7. The van der Waals surface area contributed by atoms with Gasteiger partial charge in [0.2, 0.25) is 0 Å². The van der Waals surface area contributed by atoms with Crippen molar-refractivity contribution in [2.45, 2.75) is 26.0 Å². The Kier molecular flexibility index (Phi) is 3.96. The highest BCUT2D eigenvalue weighted by molar-refractivity contribution is 9.10. The molecule has 0 saturated heterocycles. The zero-order chi connectivity index (χ0) is 9.84. The van der Waals surface area contributed by atoms with E-state index in [0.29, 0.717) is 6.61 Å². The van der Waals surface area contributed by atoms with E-state index in [1.807, 2.05) is 19.9 Å². The molecule has 0 bridgehead atoms. The number of ether oxygens (including phenoxy) is 1. The van der Waals surface area contributed by atoms with Crippen LogP contribution in [0, 0.1) is 0 Å². The van der Waals surface area contributed by atoms with Crippen LogP contribution >= 0.6 is 15.9 Å². The fraction of sp³-hybridized carbons (Fsp3) is 0.556. The maximum Gasteiger partial charge on any atom is 0.137 e. The number of rotatable bonds is 4. The first-order valence-electron chi connectivity index (χ1n) is 4.26. The van der Waals surface area contributed by atoms with E-state index in [1.165, 1.54) is 0 Å². The SMILES string of the molecule is CCOC(C)C(N)c1occc1Br. The van der Waals surface area contributed by atoms with Crippen LogP contribution in [0.4, 0.5) is 0 Å². The number of nitrogens with two attached hydrogens (primary N) is 1. The van der Waals surface area contributed by atoms with Gasteiger partial charge in [0.25, 0.3) is 0 Å². The molecule has 1 heterocycles. The quantitative estimate of drug-likeness (QED) is 0.890. The van der Waals surface area contributed by atoms with Gasteiger partial charge in [0.05, 0.1) is 22.9 Å². The third kappa shape index (κ3) is 2.56. The van der Waals surface area contributed by atoms with Gasteiger partial charge < -0.3 is 14.9 Å². The smallest absolute Gasteiger partial charge is 0.137 e. The van der Waals surface area contributed by atoms with Crippen LogP contribution in [0.5, 0.6) is 0 Å². The lowest BCUT2D eigenvalue weighted by Crippen LogP contribution is -2.26. The van der Waals surface area contributed by atoms with Crippen molar-refractivity contribution >= 4 is 15.9 Å². The zero-order valence-electron chi connectivity index (χ0n) is 7.79. The van der Waals surface area contributed by atoms with Crippen LogP contribution < -0.4 is 5.73 Å². The van der Waals surface area contributed by atoms with E-state index in [1.54, 1.807) is 6.26 Å². The largest absolute Gasteiger partial charge is 0.466 e. The molecule has 0 saturated carbocycles. The van der Waals surface area contributed by atoms with Crippen molar-refractivity contribution in [1.29, 1.82) is 0 Å². The molecular formula is C9H14BrNO2. The summed E-state index contributed by atoms with van der Waals surface area (Å²) in [7, 11) is 0. The monoisotopic (exact) mass is 247 g/mol. The van der Waals surface area contributed by atoms with Gasteiger partial charge >= 0.3 is 0 Å². The van der Waals surface area contributed by atoms with Crippen LogP contribution in [0.25, 0.3) is 0 Å². The Morgan fingerprint density at radius 1 is 1.69 bits per heavy atom. The highest BCUT2D eigenvalue weighted by Crippen LogP contribution is 2.25. The third-order valence-electron chi connectivity index (χ3n) is 1.88. The molecule has 2 atom stereocenters. The van der Waals surface area contributed by atoms with Gasteiger partial charge in [-0.05, 0) is 35.8 Å². The minimum absolute atomic E-state index is 0.0348. The lowest BCUT2D eigenvalue weighted by atomic mass is 10.1. The van der Waals surface area contributed by atoms with E-state index < -0.39 is 0 Å². The highest BCUT2D eigenvalue weighted by Gasteiger charge is 2.20.